The molecule has 3 nitrogen and oxygen atoms in total. The predicted molar refractivity (Wildman–Crippen MR) is 68.6 cm³/mol. The van der Waals surface area contributed by atoms with Crippen LogP contribution in [0.5, 0.6) is 0 Å². The Labute approximate surface area is 104 Å². The van der Waals surface area contributed by atoms with Crippen LogP contribution in [0.15, 0.2) is 23.1 Å². The number of benzene rings is 1. The maximum Gasteiger partial charge on any atom is 0.297 e. The molecule has 17 heavy (non-hydrogen) atoms. The van der Waals surface area contributed by atoms with E-state index < -0.39 is 10.1 Å². The highest BCUT2D eigenvalue weighted by molar-refractivity contribution is 7.86. The fraction of sp³-hybridized carbons (Fsp3) is 0.538. The van der Waals surface area contributed by atoms with Gasteiger partial charge in [0.25, 0.3) is 10.1 Å². The van der Waals surface area contributed by atoms with Gasteiger partial charge in [0, 0.05) is 0 Å². The standard InChI is InChI=1S/C13H20O3S/c1-4-6-12-10-11(3)7-8-13(12)17(14,15)16-9-5-2/h7-8,10H,4-6,9H2,1-3H3. The molecule has 0 aliphatic rings. The fourth-order valence-electron chi connectivity index (χ4n) is 1.67. The quantitative estimate of drug-likeness (QED) is 0.735. The van der Waals surface area contributed by atoms with Gasteiger partial charge in [0.15, 0.2) is 0 Å². The van der Waals surface area contributed by atoms with Crippen LogP contribution >= 0.6 is 0 Å². The minimum atomic E-state index is -3.59. The second kappa shape index (κ2) is 6.17. The highest BCUT2D eigenvalue weighted by atomic mass is 32.2. The Morgan fingerprint density at radius 1 is 1.18 bits per heavy atom. The average Bonchev–Trinajstić information content (AvgIpc) is 2.27. The van der Waals surface area contributed by atoms with E-state index in [0.717, 1.165) is 24.0 Å². The van der Waals surface area contributed by atoms with E-state index in [9.17, 15) is 8.42 Å². The zero-order valence-electron chi connectivity index (χ0n) is 10.7. The van der Waals surface area contributed by atoms with Crippen LogP contribution in [-0.4, -0.2) is 15.0 Å². The highest BCUT2D eigenvalue weighted by Gasteiger charge is 2.18. The Morgan fingerprint density at radius 3 is 2.47 bits per heavy atom. The van der Waals surface area contributed by atoms with E-state index >= 15 is 0 Å². The van der Waals surface area contributed by atoms with Gasteiger partial charge in [0.2, 0.25) is 0 Å². The molecule has 0 heterocycles. The van der Waals surface area contributed by atoms with E-state index in [1.807, 2.05) is 26.8 Å². The molecule has 1 rings (SSSR count). The molecule has 0 saturated carbocycles. The first kappa shape index (κ1) is 14.2. The van der Waals surface area contributed by atoms with Crippen LogP contribution in [0.1, 0.15) is 37.8 Å². The van der Waals surface area contributed by atoms with Gasteiger partial charge in [-0.1, -0.05) is 38.0 Å². The van der Waals surface area contributed by atoms with Crippen LogP contribution in [0.3, 0.4) is 0 Å². The Hall–Kier alpha value is -0.870. The molecule has 4 heteroatoms. The lowest BCUT2D eigenvalue weighted by Crippen LogP contribution is -2.10. The molecule has 0 unspecified atom stereocenters. The highest BCUT2D eigenvalue weighted by Crippen LogP contribution is 2.21. The zero-order valence-corrected chi connectivity index (χ0v) is 11.5. The molecule has 0 amide bonds. The van der Waals surface area contributed by atoms with Crippen molar-refractivity contribution in [2.45, 2.75) is 44.9 Å². The van der Waals surface area contributed by atoms with Gasteiger partial charge in [-0.3, -0.25) is 4.18 Å². The predicted octanol–water partition coefficient (Wildman–Crippen LogP) is 3.06. The lowest BCUT2D eigenvalue weighted by atomic mass is 10.1. The summed E-state index contributed by atoms with van der Waals surface area (Å²) in [5.74, 6) is 0. The van der Waals surface area contributed by atoms with E-state index in [1.165, 1.54) is 0 Å². The topological polar surface area (TPSA) is 43.4 Å². The van der Waals surface area contributed by atoms with Gasteiger partial charge in [0.05, 0.1) is 11.5 Å². The molecule has 1 aromatic carbocycles. The van der Waals surface area contributed by atoms with Gasteiger partial charge in [0.1, 0.15) is 0 Å². The van der Waals surface area contributed by atoms with Crippen molar-refractivity contribution in [2.24, 2.45) is 0 Å². The molecule has 0 aliphatic heterocycles. The molecule has 0 bridgehead atoms. The van der Waals surface area contributed by atoms with Crippen molar-refractivity contribution in [1.82, 2.24) is 0 Å². The van der Waals surface area contributed by atoms with Crippen LogP contribution in [0.4, 0.5) is 0 Å². The molecule has 1 aromatic rings. The first-order chi connectivity index (χ1) is 8.01. The van der Waals surface area contributed by atoms with E-state index in [0.29, 0.717) is 11.3 Å². The zero-order chi connectivity index (χ0) is 12.9. The van der Waals surface area contributed by atoms with Crippen molar-refractivity contribution < 1.29 is 12.6 Å². The van der Waals surface area contributed by atoms with Crippen LogP contribution in [0, 0.1) is 6.92 Å². The number of aryl methyl sites for hydroxylation is 2. The molecule has 0 aromatic heterocycles. The normalized spacial score (nSPS) is 11.7. The molecule has 0 radical (unpaired) electrons. The fourth-order valence-corrected chi connectivity index (χ4v) is 2.90. The third-order valence-corrected chi connectivity index (χ3v) is 3.86. The van der Waals surface area contributed by atoms with Gasteiger partial charge in [-0.15, -0.1) is 0 Å². The van der Waals surface area contributed by atoms with Gasteiger partial charge >= 0.3 is 0 Å². The maximum absolute atomic E-state index is 12.0. The second-order valence-corrected chi connectivity index (χ2v) is 5.72. The lowest BCUT2D eigenvalue weighted by Gasteiger charge is -2.10. The molecule has 0 saturated heterocycles. The molecular weight excluding hydrogens is 236 g/mol. The summed E-state index contributed by atoms with van der Waals surface area (Å²) >= 11 is 0. The summed E-state index contributed by atoms with van der Waals surface area (Å²) in [4.78, 5) is 0.318. The third kappa shape index (κ3) is 3.82. The van der Waals surface area contributed by atoms with Crippen LogP contribution in [0.25, 0.3) is 0 Å². The summed E-state index contributed by atoms with van der Waals surface area (Å²) in [6.45, 7) is 6.12. The third-order valence-electron chi connectivity index (χ3n) is 2.45. The summed E-state index contributed by atoms with van der Waals surface area (Å²) in [7, 11) is -3.59. The first-order valence-electron chi connectivity index (χ1n) is 6.00. The van der Waals surface area contributed by atoms with Crippen LogP contribution in [0.2, 0.25) is 0 Å². The molecule has 0 spiro atoms. The Kier molecular flexibility index (Phi) is 5.15. The largest absolute Gasteiger partial charge is 0.297 e. The number of rotatable bonds is 6. The number of hydrogen-bond acceptors (Lipinski definition) is 3. The summed E-state index contributed by atoms with van der Waals surface area (Å²) in [5.41, 5.74) is 1.92. The van der Waals surface area contributed by atoms with Gasteiger partial charge < -0.3 is 0 Å². The Morgan fingerprint density at radius 2 is 1.88 bits per heavy atom. The second-order valence-electron chi connectivity index (χ2n) is 4.14. The maximum atomic E-state index is 12.0. The molecule has 0 atom stereocenters. The van der Waals surface area contributed by atoms with Crippen molar-refractivity contribution in [3.63, 3.8) is 0 Å². The Balaban J connectivity index is 3.11. The Bertz CT molecular complexity index is 464. The minimum absolute atomic E-state index is 0.238. The summed E-state index contributed by atoms with van der Waals surface area (Å²) in [6.07, 6.45) is 2.36. The van der Waals surface area contributed by atoms with Crippen molar-refractivity contribution >= 4 is 10.1 Å². The number of hydrogen-bond donors (Lipinski definition) is 0. The van der Waals surface area contributed by atoms with Crippen molar-refractivity contribution in [2.75, 3.05) is 6.61 Å². The van der Waals surface area contributed by atoms with Gasteiger partial charge in [-0.25, -0.2) is 0 Å². The average molecular weight is 256 g/mol. The van der Waals surface area contributed by atoms with E-state index in [1.54, 1.807) is 12.1 Å². The van der Waals surface area contributed by atoms with E-state index in [2.05, 4.69) is 0 Å². The molecule has 0 fully saturated rings. The molecule has 0 N–H and O–H groups in total. The smallest absolute Gasteiger partial charge is 0.266 e. The van der Waals surface area contributed by atoms with Crippen molar-refractivity contribution in [3.05, 3.63) is 29.3 Å². The van der Waals surface area contributed by atoms with Gasteiger partial charge in [-0.05, 0) is 31.4 Å². The first-order valence-corrected chi connectivity index (χ1v) is 7.41. The lowest BCUT2D eigenvalue weighted by molar-refractivity contribution is 0.317. The van der Waals surface area contributed by atoms with Gasteiger partial charge in [-0.2, -0.15) is 8.42 Å². The summed E-state index contributed by atoms with van der Waals surface area (Å²) in [6, 6.07) is 5.37. The van der Waals surface area contributed by atoms with Crippen LogP contribution < -0.4 is 0 Å². The SMILES string of the molecule is CCCOS(=O)(=O)c1ccc(C)cc1CCC. The van der Waals surface area contributed by atoms with E-state index in [4.69, 9.17) is 4.18 Å². The molecular formula is C13H20O3S. The molecule has 0 aliphatic carbocycles. The minimum Gasteiger partial charge on any atom is -0.266 e. The summed E-state index contributed by atoms with van der Waals surface area (Å²) < 4.78 is 28.9. The van der Waals surface area contributed by atoms with Crippen LogP contribution in [-0.2, 0) is 20.7 Å². The molecule has 96 valence electrons. The van der Waals surface area contributed by atoms with Crippen molar-refractivity contribution in [1.29, 1.82) is 0 Å². The monoisotopic (exact) mass is 256 g/mol. The van der Waals surface area contributed by atoms with Crippen molar-refractivity contribution in [3.8, 4) is 0 Å². The van der Waals surface area contributed by atoms with E-state index in [-0.39, 0.29) is 6.61 Å². The summed E-state index contributed by atoms with van der Waals surface area (Å²) in [5, 5.41) is 0.